The molecule has 1 aliphatic heterocycles. The monoisotopic (exact) mass is 195 g/mol. The summed E-state index contributed by atoms with van der Waals surface area (Å²) >= 11 is 1.19. The molecule has 0 unspecified atom stereocenters. The van der Waals surface area contributed by atoms with Crippen LogP contribution in [-0.4, -0.2) is 16.8 Å². The van der Waals surface area contributed by atoms with E-state index in [2.05, 4.69) is 4.98 Å². The van der Waals surface area contributed by atoms with Crippen LogP contribution in [0.4, 0.5) is 10.9 Å². The molecule has 13 heavy (non-hydrogen) atoms. The molecule has 0 spiro atoms. The van der Waals surface area contributed by atoms with Crippen molar-refractivity contribution in [2.45, 2.75) is 0 Å². The van der Waals surface area contributed by atoms with Gasteiger partial charge in [-0.2, -0.15) is 0 Å². The second kappa shape index (κ2) is 2.67. The second-order valence-corrected chi connectivity index (χ2v) is 3.28. The van der Waals surface area contributed by atoms with E-state index in [-0.39, 0.29) is 11.8 Å². The Morgan fingerprint density at radius 1 is 1.31 bits per heavy atom. The Hall–Kier alpha value is -1.69. The van der Waals surface area contributed by atoms with Gasteiger partial charge in [0.15, 0.2) is 10.9 Å². The molecule has 0 saturated carbocycles. The number of rotatable bonds is 1. The van der Waals surface area contributed by atoms with Gasteiger partial charge < -0.3 is 5.73 Å². The van der Waals surface area contributed by atoms with Crippen LogP contribution in [0.25, 0.3) is 0 Å². The zero-order chi connectivity index (χ0) is 9.42. The number of nitrogen functional groups attached to an aromatic ring is 1. The number of imide groups is 1. The molecule has 0 aliphatic carbocycles. The number of thiazole rings is 1. The van der Waals surface area contributed by atoms with E-state index in [1.165, 1.54) is 23.5 Å². The summed E-state index contributed by atoms with van der Waals surface area (Å²) in [6.45, 7) is 0. The lowest BCUT2D eigenvalue weighted by atomic mass is 10.5. The van der Waals surface area contributed by atoms with Gasteiger partial charge in [-0.3, -0.25) is 9.59 Å². The third-order valence-electron chi connectivity index (χ3n) is 1.55. The molecule has 2 N–H and O–H groups in total. The van der Waals surface area contributed by atoms with Crippen LogP contribution in [0.2, 0.25) is 0 Å². The molecule has 2 heterocycles. The summed E-state index contributed by atoms with van der Waals surface area (Å²) in [5.74, 6) is -0.465. The molecular formula is C7H5N3O2S. The Morgan fingerprint density at radius 3 is 2.38 bits per heavy atom. The molecule has 2 amide bonds. The fourth-order valence-corrected chi connectivity index (χ4v) is 1.54. The van der Waals surface area contributed by atoms with Crippen LogP contribution in [0, 0.1) is 0 Å². The Balaban J connectivity index is 2.37. The Bertz CT molecular complexity index is 392. The number of hydrogen-bond donors (Lipinski definition) is 1. The maximum absolute atomic E-state index is 11.1. The number of amides is 2. The van der Waals surface area contributed by atoms with E-state index < -0.39 is 0 Å². The second-order valence-electron chi connectivity index (χ2n) is 2.39. The highest BCUT2D eigenvalue weighted by Gasteiger charge is 2.26. The topological polar surface area (TPSA) is 76.3 Å². The van der Waals surface area contributed by atoms with E-state index in [0.29, 0.717) is 10.9 Å². The first-order valence-electron chi connectivity index (χ1n) is 3.45. The first-order valence-corrected chi connectivity index (χ1v) is 4.33. The van der Waals surface area contributed by atoms with Crippen LogP contribution in [0.15, 0.2) is 17.5 Å². The summed E-state index contributed by atoms with van der Waals surface area (Å²) < 4.78 is 0. The van der Waals surface area contributed by atoms with Crippen LogP contribution >= 0.6 is 11.3 Å². The standard InChI is InChI=1S/C7H5N3O2S/c8-7-9-4(3-13-7)10-5(11)1-2-6(10)12/h1-3H,(H2,8,9). The van der Waals surface area contributed by atoms with Gasteiger partial charge in [0.05, 0.1) is 0 Å². The van der Waals surface area contributed by atoms with Gasteiger partial charge in [0, 0.05) is 17.5 Å². The number of carbonyl (C=O) groups is 2. The summed E-state index contributed by atoms with van der Waals surface area (Å²) in [6.07, 6.45) is 2.41. The molecule has 0 bridgehead atoms. The molecule has 0 radical (unpaired) electrons. The van der Waals surface area contributed by atoms with Crippen molar-refractivity contribution in [2.75, 3.05) is 10.6 Å². The molecule has 1 aromatic heterocycles. The van der Waals surface area contributed by atoms with Crippen molar-refractivity contribution in [1.29, 1.82) is 0 Å². The molecule has 2 rings (SSSR count). The lowest BCUT2D eigenvalue weighted by Gasteiger charge is -2.08. The summed E-state index contributed by atoms with van der Waals surface area (Å²) in [5.41, 5.74) is 5.37. The molecule has 0 atom stereocenters. The van der Waals surface area contributed by atoms with Crippen molar-refractivity contribution in [3.8, 4) is 0 Å². The number of aromatic nitrogens is 1. The molecule has 0 aromatic carbocycles. The van der Waals surface area contributed by atoms with E-state index >= 15 is 0 Å². The van der Waals surface area contributed by atoms with E-state index in [9.17, 15) is 9.59 Å². The molecule has 5 nitrogen and oxygen atoms in total. The van der Waals surface area contributed by atoms with Gasteiger partial charge in [-0.1, -0.05) is 0 Å². The molecule has 66 valence electrons. The van der Waals surface area contributed by atoms with Crippen molar-refractivity contribution in [2.24, 2.45) is 0 Å². The number of nitrogens with zero attached hydrogens (tertiary/aromatic N) is 2. The average molecular weight is 195 g/mol. The van der Waals surface area contributed by atoms with E-state index in [1.54, 1.807) is 5.38 Å². The predicted octanol–water partition coefficient (Wildman–Crippen LogP) is 0.155. The van der Waals surface area contributed by atoms with Gasteiger partial charge in [0.1, 0.15) is 0 Å². The van der Waals surface area contributed by atoms with Crippen molar-refractivity contribution in [1.82, 2.24) is 4.98 Å². The Kier molecular flexibility index (Phi) is 1.63. The van der Waals surface area contributed by atoms with Crippen LogP contribution in [0.3, 0.4) is 0 Å². The van der Waals surface area contributed by atoms with Gasteiger partial charge in [-0.05, 0) is 0 Å². The SMILES string of the molecule is Nc1nc(N2C(=O)C=CC2=O)cs1. The first kappa shape index (κ1) is 7.93. The average Bonchev–Trinajstić information content (AvgIpc) is 2.60. The minimum atomic E-state index is -0.379. The van der Waals surface area contributed by atoms with E-state index in [0.717, 1.165) is 4.90 Å². The van der Waals surface area contributed by atoms with E-state index in [4.69, 9.17) is 5.73 Å². The summed E-state index contributed by atoms with van der Waals surface area (Å²) in [6, 6.07) is 0. The molecule has 0 saturated heterocycles. The molecular weight excluding hydrogens is 190 g/mol. The number of carbonyl (C=O) groups excluding carboxylic acids is 2. The molecule has 1 aliphatic rings. The summed E-state index contributed by atoms with van der Waals surface area (Å²) in [7, 11) is 0. The zero-order valence-corrected chi connectivity index (χ0v) is 7.25. The fourth-order valence-electron chi connectivity index (χ4n) is 1.01. The highest BCUT2D eigenvalue weighted by Crippen LogP contribution is 2.22. The summed E-state index contributed by atoms with van der Waals surface area (Å²) in [4.78, 5) is 27.1. The van der Waals surface area contributed by atoms with E-state index in [1.807, 2.05) is 0 Å². The van der Waals surface area contributed by atoms with Crippen molar-refractivity contribution < 1.29 is 9.59 Å². The lowest BCUT2D eigenvalue weighted by Crippen LogP contribution is -2.29. The highest BCUT2D eigenvalue weighted by atomic mass is 32.1. The van der Waals surface area contributed by atoms with Gasteiger partial charge in [0.25, 0.3) is 11.8 Å². The Morgan fingerprint density at radius 2 is 1.92 bits per heavy atom. The van der Waals surface area contributed by atoms with Crippen LogP contribution in [0.1, 0.15) is 0 Å². The molecule has 0 fully saturated rings. The van der Waals surface area contributed by atoms with Gasteiger partial charge in [-0.25, -0.2) is 9.88 Å². The first-order chi connectivity index (χ1) is 6.18. The van der Waals surface area contributed by atoms with Crippen LogP contribution in [0.5, 0.6) is 0 Å². The smallest absolute Gasteiger partial charge is 0.259 e. The predicted molar refractivity (Wildman–Crippen MR) is 48.2 cm³/mol. The zero-order valence-electron chi connectivity index (χ0n) is 6.43. The third-order valence-corrected chi connectivity index (χ3v) is 2.21. The van der Waals surface area contributed by atoms with Crippen LogP contribution in [-0.2, 0) is 9.59 Å². The minimum Gasteiger partial charge on any atom is -0.375 e. The molecule has 6 heteroatoms. The summed E-state index contributed by atoms with van der Waals surface area (Å²) in [5, 5.41) is 1.90. The quantitative estimate of drug-likeness (QED) is 0.647. The van der Waals surface area contributed by atoms with Crippen molar-refractivity contribution in [3.05, 3.63) is 17.5 Å². The Labute approximate surface area is 77.5 Å². The molecule has 1 aromatic rings. The maximum atomic E-state index is 11.1. The van der Waals surface area contributed by atoms with Gasteiger partial charge >= 0.3 is 0 Å². The third kappa shape index (κ3) is 1.20. The number of anilines is 2. The maximum Gasteiger partial charge on any atom is 0.259 e. The largest absolute Gasteiger partial charge is 0.375 e. The number of hydrogen-bond acceptors (Lipinski definition) is 5. The van der Waals surface area contributed by atoms with Crippen molar-refractivity contribution >= 4 is 34.1 Å². The fraction of sp³-hybridized carbons (Fsp3) is 0. The van der Waals surface area contributed by atoms with Gasteiger partial charge in [0.2, 0.25) is 0 Å². The lowest BCUT2D eigenvalue weighted by molar-refractivity contribution is -0.120. The number of nitrogens with two attached hydrogens (primary N) is 1. The highest BCUT2D eigenvalue weighted by molar-refractivity contribution is 7.13. The van der Waals surface area contributed by atoms with Crippen molar-refractivity contribution in [3.63, 3.8) is 0 Å². The van der Waals surface area contributed by atoms with Crippen LogP contribution < -0.4 is 10.6 Å². The normalized spacial score (nSPS) is 15.8. The minimum absolute atomic E-state index is 0.294. The van der Waals surface area contributed by atoms with Gasteiger partial charge in [-0.15, -0.1) is 11.3 Å².